The zero-order chi connectivity index (χ0) is 50.3. The molecule has 0 bridgehead atoms. The van der Waals surface area contributed by atoms with E-state index in [2.05, 4.69) is 30.1 Å². The van der Waals surface area contributed by atoms with Gasteiger partial charge >= 0.3 is 24.5 Å². The number of ether oxygens (including phenoxy) is 3. The zero-order valence-corrected chi connectivity index (χ0v) is 39.6. The van der Waals surface area contributed by atoms with Crippen LogP contribution in [0.5, 0.6) is 5.75 Å². The van der Waals surface area contributed by atoms with Gasteiger partial charge < -0.3 is 44.6 Å². The summed E-state index contributed by atoms with van der Waals surface area (Å²) >= 11 is 6.76. The minimum atomic E-state index is -4.86. The van der Waals surface area contributed by atoms with E-state index < -0.39 is 83.4 Å². The molecule has 15 nitrogen and oxygen atoms in total. The highest BCUT2D eigenvalue weighted by molar-refractivity contribution is 6.32. The van der Waals surface area contributed by atoms with Crippen LogP contribution in [-0.4, -0.2) is 104 Å². The second-order valence-electron chi connectivity index (χ2n) is 19.1. The molecule has 2 fully saturated rings. The van der Waals surface area contributed by atoms with Gasteiger partial charge in [0, 0.05) is 28.6 Å². The number of halogens is 7. The highest BCUT2D eigenvalue weighted by Crippen LogP contribution is 2.48. The molecular weight excluding hydrogens is 938 g/mol. The Morgan fingerprint density at radius 3 is 1.80 bits per heavy atom. The van der Waals surface area contributed by atoms with Crippen molar-refractivity contribution >= 4 is 57.4 Å². The Balaban J connectivity index is 1.07. The second kappa shape index (κ2) is 17.6. The lowest BCUT2D eigenvalue weighted by atomic mass is 9.82. The molecule has 6 atom stereocenters. The van der Waals surface area contributed by atoms with E-state index in [-0.39, 0.29) is 17.6 Å². The van der Waals surface area contributed by atoms with Crippen molar-refractivity contribution in [1.29, 1.82) is 0 Å². The van der Waals surface area contributed by atoms with Crippen LogP contribution >= 0.6 is 11.6 Å². The van der Waals surface area contributed by atoms with Crippen LogP contribution in [0, 0.1) is 10.8 Å². The highest BCUT2D eigenvalue weighted by atomic mass is 35.5. The molecular formula is C47H51ClF6N8O7. The van der Waals surface area contributed by atoms with E-state index in [0.29, 0.717) is 59.5 Å². The predicted octanol–water partition coefficient (Wildman–Crippen LogP) is 10.0. The molecule has 0 saturated carbocycles. The zero-order valence-electron chi connectivity index (χ0n) is 38.8. The number of aromatic amines is 2. The molecule has 4 N–H and O–H groups in total. The number of methoxy groups -OCH3 is 2. The third-order valence-electron chi connectivity index (χ3n) is 14.1. The van der Waals surface area contributed by atoms with Crippen LogP contribution in [0.4, 0.5) is 35.9 Å². The summed E-state index contributed by atoms with van der Waals surface area (Å²) in [4.78, 5) is 71.4. The molecule has 8 rings (SSSR count). The molecule has 2 saturated heterocycles. The first-order valence-corrected chi connectivity index (χ1v) is 22.6. The van der Waals surface area contributed by atoms with Crippen molar-refractivity contribution in [3.63, 3.8) is 0 Å². The van der Waals surface area contributed by atoms with Crippen LogP contribution in [0.1, 0.15) is 96.5 Å². The van der Waals surface area contributed by atoms with Crippen molar-refractivity contribution in [2.45, 2.75) is 122 Å². The number of hydrogen-bond acceptors (Lipinski definition) is 9. The number of carbonyl (C=O) groups is 4. The largest absolute Gasteiger partial charge is 0.488 e. The predicted molar refractivity (Wildman–Crippen MR) is 241 cm³/mol. The number of alkyl carbamates (subject to hydrolysis) is 2. The Morgan fingerprint density at radius 2 is 1.28 bits per heavy atom. The van der Waals surface area contributed by atoms with Gasteiger partial charge in [0.1, 0.15) is 46.9 Å². The Morgan fingerprint density at radius 1 is 0.739 bits per heavy atom. The van der Waals surface area contributed by atoms with Crippen LogP contribution < -0.4 is 15.4 Å². The number of carbonyl (C=O) groups excluding carboxylic acids is 4. The molecule has 3 aromatic carbocycles. The SMILES string of the molecule is COC(=O)N[C@H](C(=O)N1[C@@H](C)CC[C@H]1c1nc(-c2ccc3c(c2)COc2cc4c(ccc5[nH]c([C@@H]6CC[C@H](C)N6C(=O)[C@@H](NC(=O)OC)C(C)(C)C(F)(F)F)nc54)cc2-3)c(Cl)[nH]1)C(C)(C)C(F)(F)F. The molecule has 22 heteroatoms. The van der Waals surface area contributed by atoms with Gasteiger partial charge in [0.2, 0.25) is 11.8 Å². The van der Waals surface area contributed by atoms with Gasteiger partial charge in [0.25, 0.3) is 0 Å². The van der Waals surface area contributed by atoms with Crippen LogP contribution in [0.3, 0.4) is 0 Å². The number of H-pyrrole nitrogens is 2. The maximum absolute atomic E-state index is 14.3. The van der Waals surface area contributed by atoms with Crippen molar-refractivity contribution in [3.8, 4) is 28.1 Å². The van der Waals surface area contributed by atoms with Gasteiger partial charge in [-0.3, -0.25) is 9.59 Å². The quantitative estimate of drug-likeness (QED) is 0.104. The molecule has 5 aromatic rings. The number of nitrogens with one attached hydrogen (secondary N) is 4. The first-order valence-electron chi connectivity index (χ1n) is 22.2. The van der Waals surface area contributed by atoms with E-state index in [4.69, 9.17) is 26.3 Å². The normalized spacial score (nSPS) is 20.6. The number of alkyl halides is 6. The fourth-order valence-electron chi connectivity index (χ4n) is 9.66. The third kappa shape index (κ3) is 8.53. The van der Waals surface area contributed by atoms with Gasteiger partial charge in [-0.05, 0) is 108 Å². The molecule has 0 aliphatic carbocycles. The fraction of sp³-hybridized carbons (Fsp3) is 0.489. The average molecular weight is 989 g/mol. The number of imidazole rings is 2. The number of rotatable bonds is 9. The number of fused-ring (bicyclic) bond motifs is 6. The third-order valence-corrected chi connectivity index (χ3v) is 14.4. The maximum atomic E-state index is 14.3. The van der Waals surface area contributed by atoms with E-state index >= 15 is 0 Å². The summed E-state index contributed by atoms with van der Waals surface area (Å²) in [5, 5.41) is 5.92. The summed E-state index contributed by atoms with van der Waals surface area (Å²) in [5.41, 5.74) is -0.729. The van der Waals surface area contributed by atoms with Gasteiger partial charge in [0.15, 0.2) is 0 Å². The van der Waals surface area contributed by atoms with E-state index in [1.54, 1.807) is 13.8 Å². The summed E-state index contributed by atoms with van der Waals surface area (Å²) in [6.07, 6.45) is -10.4. The molecule has 4 amide bonds. The topological polar surface area (TPSA) is 184 Å². The molecule has 0 spiro atoms. The molecule has 3 aliphatic heterocycles. The van der Waals surface area contributed by atoms with Crippen LogP contribution in [-0.2, 0) is 25.7 Å². The summed E-state index contributed by atoms with van der Waals surface area (Å²) in [6.45, 7) is 7.01. The number of likely N-dealkylation sites (tertiary alicyclic amines) is 2. The fourth-order valence-corrected chi connectivity index (χ4v) is 9.91. The Bertz CT molecular complexity index is 2860. The minimum absolute atomic E-state index is 0.143. The van der Waals surface area contributed by atoms with Crippen molar-refractivity contribution in [2.24, 2.45) is 10.8 Å². The van der Waals surface area contributed by atoms with Crippen LogP contribution in [0.2, 0.25) is 5.15 Å². The number of amides is 4. The molecule has 5 heterocycles. The summed E-state index contributed by atoms with van der Waals surface area (Å²) in [5.74, 6) is -0.664. The van der Waals surface area contributed by atoms with Crippen molar-refractivity contribution in [2.75, 3.05) is 14.2 Å². The lowest BCUT2D eigenvalue weighted by Crippen LogP contribution is -2.60. The summed E-state index contributed by atoms with van der Waals surface area (Å²) in [7, 11) is 2.00. The molecule has 3 aliphatic rings. The first kappa shape index (κ1) is 49.2. The first-order chi connectivity index (χ1) is 32.3. The average Bonchev–Trinajstić information content (AvgIpc) is 4.09. The van der Waals surface area contributed by atoms with E-state index in [1.807, 2.05) is 42.5 Å². The number of hydrogen-bond donors (Lipinski definition) is 4. The van der Waals surface area contributed by atoms with E-state index in [1.165, 1.54) is 9.80 Å². The Kier molecular flexibility index (Phi) is 12.6. The van der Waals surface area contributed by atoms with Crippen molar-refractivity contribution < 1.29 is 59.7 Å². The van der Waals surface area contributed by atoms with Gasteiger partial charge in [-0.25, -0.2) is 19.6 Å². The molecule has 370 valence electrons. The van der Waals surface area contributed by atoms with Gasteiger partial charge in [0.05, 0.1) is 48.2 Å². The monoisotopic (exact) mass is 988 g/mol. The molecule has 0 radical (unpaired) electrons. The van der Waals surface area contributed by atoms with Crippen LogP contribution in [0.25, 0.3) is 44.2 Å². The Labute approximate surface area is 397 Å². The van der Waals surface area contributed by atoms with Crippen LogP contribution in [0.15, 0.2) is 42.5 Å². The second-order valence-corrected chi connectivity index (χ2v) is 19.4. The minimum Gasteiger partial charge on any atom is -0.488 e. The number of benzene rings is 3. The Hall–Kier alpha value is -6.25. The number of nitrogens with zero attached hydrogens (tertiary/aromatic N) is 4. The highest BCUT2D eigenvalue weighted by Gasteiger charge is 2.59. The smallest absolute Gasteiger partial charge is 0.407 e. The molecule has 2 aromatic heterocycles. The van der Waals surface area contributed by atoms with Gasteiger partial charge in [-0.2, -0.15) is 26.3 Å². The maximum Gasteiger partial charge on any atom is 0.407 e. The lowest BCUT2D eigenvalue weighted by Gasteiger charge is -2.39. The lowest BCUT2D eigenvalue weighted by molar-refractivity contribution is -0.222. The number of aromatic nitrogens is 4. The van der Waals surface area contributed by atoms with Gasteiger partial charge in [-0.1, -0.05) is 29.8 Å². The molecule has 0 unspecified atom stereocenters. The molecule has 69 heavy (non-hydrogen) atoms. The van der Waals surface area contributed by atoms with Crippen molar-refractivity contribution in [3.05, 3.63) is 64.8 Å². The van der Waals surface area contributed by atoms with E-state index in [0.717, 1.165) is 69.4 Å². The standard InChI is InChI=1S/C47H51ClF6N8O7/c1-21-9-15-30(61(21)40(63)35(58-42(65)67-7)44(3,4)46(49,50)51)38-55-29-14-12-23-18-28-26-13-11-24(17-25(26)20-69-32(28)19-27(23)34(29)57-38)33-37(48)60-39(56-33)31-16-10-22(2)62(31)41(64)36(59-43(66)68-8)45(5,6)47(52,53)54/h11-14,17-19,21-22,30-31,35-36H,9-10,15-16,20H2,1-8H3,(H,55,57)(H,56,60)(H,58,65)(H,59,66)/t21-,22-,30-,31-,35+,36+/m0/s1. The van der Waals surface area contributed by atoms with E-state index in [9.17, 15) is 45.5 Å². The van der Waals surface area contributed by atoms with Gasteiger partial charge in [-0.15, -0.1) is 0 Å². The summed E-state index contributed by atoms with van der Waals surface area (Å²) in [6, 6.07) is 6.67. The van der Waals surface area contributed by atoms with Crippen molar-refractivity contribution in [1.82, 2.24) is 40.4 Å². The summed E-state index contributed by atoms with van der Waals surface area (Å²) < 4.78 is 101.